The molecular formula is C3H5W-. The Morgan fingerprint density at radius 3 is 1.75 bits per heavy atom. The molecule has 0 rings (SSSR count). The van der Waals surface area contributed by atoms with E-state index in [4.69, 9.17) is 0 Å². The van der Waals surface area contributed by atoms with Gasteiger partial charge in [-0.15, -0.1) is 0 Å². The Kier molecular flexibility index (Phi) is 22.9. The van der Waals surface area contributed by atoms with E-state index >= 15 is 0 Å². The van der Waals surface area contributed by atoms with Gasteiger partial charge in [-0.1, -0.05) is 0 Å². The van der Waals surface area contributed by atoms with E-state index in [1.54, 1.807) is 0 Å². The van der Waals surface area contributed by atoms with E-state index in [-0.39, 0.29) is 21.1 Å². The van der Waals surface area contributed by atoms with Crippen LogP contribution < -0.4 is 0 Å². The Morgan fingerprint density at radius 2 is 1.75 bits per heavy atom. The zero-order valence-corrected chi connectivity index (χ0v) is 5.33. The van der Waals surface area contributed by atoms with Crippen LogP contribution in [0.3, 0.4) is 0 Å². The Morgan fingerprint density at radius 1 is 1.75 bits per heavy atom. The first kappa shape index (κ1) is 8.85. The number of rotatable bonds is 0. The molecule has 0 heterocycles. The van der Waals surface area contributed by atoms with Gasteiger partial charge >= 0.3 is 0 Å². The van der Waals surface area contributed by atoms with Gasteiger partial charge in [0.15, 0.2) is 0 Å². The largest absolute Gasteiger partial charge is 0.245 e. The molecule has 0 aromatic heterocycles. The summed E-state index contributed by atoms with van der Waals surface area (Å²) in [6.45, 7) is 6.50. The summed E-state index contributed by atoms with van der Waals surface area (Å²) < 4.78 is 0. The molecular weight excluding hydrogens is 220 g/mol. The quantitative estimate of drug-likeness (QED) is 0.539. The van der Waals surface area contributed by atoms with E-state index in [1.165, 1.54) is 6.08 Å². The van der Waals surface area contributed by atoms with Crippen LogP contribution in [0.25, 0.3) is 0 Å². The van der Waals surface area contributed by atoms with Gasteiger partial charge < -0.3 is 0 Å². The first-order valence-electron chi connectivity index (χ1n) is 0.816. The average Bonchev–Trinajstić information content (AvgIpc) is 0.918. The van der Waals surface area contributed by atoms with Gasteiger partial charge in [0.2, 0.25) is 0 Å². The fraction of sp³-hybridized carbons (Fsp3) is 0. The molecule has 0 atom stereocenters. The van der Waals surface area contributed by atoms with Gasteiger partial charge in [0.05, 0.1) is 0 Å². The summed E-state index contributed by atoms with van der Waals surface area (Å²) in [5.74, 6) is 0. The summed E-state index contributed by atoms with van der Waals surface area (Å²) in [5.41, 5.74) is 0. The van der Waals surface area contributed by atoms with Gasteiger partial charge in [-0.05, 0) is 0 Å². The molecule has 0 radical (unpaired) electrons. The van der Waals surface area contributed by atoms with Crippen molar-refractivity contribution in [2.45, 2.75) is 0 Å². The van der Waals surface area contributed by atoms with Crippen LogP contribution >= 0.6 is 0 Å². The van der Waals surface area contributed by atoms with Crippen molar-refractivity contribution in [3.63, 3.8) is 0 Å². The Bertz CT molecular complexity index is 10.8. The Labute approximate surface area is 41.2 Å². The van der Waals surface area contributed by atoms with Crippen LogP contribution in [-0.2, 0) is 21.1 Å². The molecule has 0 aliphatic carbocycles. The SMILES string of the molecule is C=C[CH2-].[W]. The van der Waals surface area contributed by atoms with Gasteiger partial charge in [0.25, 0.3) is 0 Å². The van der Waals surface area contributed by atoms with Gasteiger partial charge in [-0.2, -0.15) is 0 Å². The van der Waals surface area contributed by atoms with E-state index in [0.29, 0.717) is 0 Å². The molecule has 0 spiro atoms. The molecule has 0 saturated heterocycles. The Balaban J connectivity index is 0. The second kappa shape index (κ2) is 10.3. The average molecular weight is 225 g/mol. The van der Waals surface area contributed by atoms with Crippen LogP contribution in [-0.4, -0.2) is 0 Å². The topological polar surface area (TPSA) is 0 Å². The molecule has 0 aromatic rings. The van der Waals surface area contributed by atoms with Crippen molar-refractivity contribution in [3.8, 4) is 0 Å². The van der Waals surface area contributed by atoms with E-state index in [1.807, 2.05) is 0 Å². The summed E-state index contributed by atoms with van der Waals surface area (Å²) in [5, 5.41) is 0. The molecule has 0 bridgehead atoms. The van der Waals surface area contributed by atoms with Crippen LogP contribution in [0, 0.1) is 6.92 Å². The fourth-order valence-corrected chi connectivity index (χ4v) is 0. The predicted octanol–water partition coefficient (Wildman–Crippen LogP) is 1.00. The zero-order valence-electron chi connectivity index (χ0n) is 2.40. The van der Waals surface area contributed by atoms with E-state index < -0.39 is 0 Å². The van der Waals surface area contributed by atoms with Gasteiger partial charge in [-0.25, -0.2) is 19.6 Å². The van der Waals surface area contributed by atoms with Gasteiger partial charge in [-0.3, -0.25) is 0 Å². The smallest absolute Gasteiger partial charge is 0 e. The molecule has 0 unspecified atom stereocenters. The summed E-state index contributed by atoms with van der Waals surface area (Å²) in [4.78, 5) is 0. The summed E-state index contributed by atoms with van der Waals surface area (Å²) in [6, 6.07) is 0. The molecule has 24 valence electrons. The molecule has 0 N–H and O–H groups in total. The van der Waals surface area contributed by atoms with Gasteiger partial charge in [0.1, 0.15) is 0 Å². The van der Waals surface area contributed by atoms with E-state index in [9.17, 15) is 0 Å². The molecule has 0 aliphatic rings. The van der Waals surface area contributed by atoms with Crippen molar-refractivity contribution in [1.82, 2.24) is 0 Å². The minimum Gasteiger partial charge on any atom is -0.245 e. The molecule has 0 aliphatic heterocycles. The van der Waals surface area contributed by atoms with Crippen molar-refractivity contribution in [3.05, 3.63) is 19.6 Å². The molecule has 0 saturated carbocycles. The predicted molar refractivity (Wildman–Crippen MR) is 15.6 cm³/mol. The van der Waals surface area contributed by atoms with E-state index in [2.05, 4.69) is 13.5 Å². The van der Waals surface area contributed by atoms with Crippen molar-refractivity contribution in [1.29, 1.82) is 0 Å². The third-order valence-electron chi connectivity index (χ3n) is 0. The van der Waals surface area contributed by atoms with Crippen molar-refractivity contribution >= 4 is 0 Å². The number of hydrogen-bond donors (Lipinski definition) is 0. The van der Waals surface area contributed by atoms with Crippen molar-refractivity contribution < 1.29 is 21.1 Å². The minimum absolute atomic E-state index is 0. The normalized spacial score (nSPS) is 3.00. The van der Waals surface area contributed by atoms with Gasteiger partial charge in [0, 0.05) is 21.1 Å². The maximum absolute atomic E-state index is 3.25. The minimum atomic E-state index is 0. The first-order chi connectivity index (χ1) is 1.41. The maximum Gasteiger partial charge on any atom is 0 e. The second-order valence-corrected chi connectivity index (χ2v) is 0.289. The number of hydrogen-bond acceptors (Lipinski definition) is 0. The zero-order chi connectivity index (χ0) is 2.71. The standard InChI is InChI=1S/C3H5.W/c1-3-2;/h3H,1-2H2;/q-1;. The first-order valence-corrected chi connectivity index (χ1v) is 0.816. The summed E-state index contributed by atoms with van der Waals surface area (Å²) in [7, 11) is 0. The summed E-state index contributed by atoms with van der Waals surface area (Å²) >= 11 is 0. The van der Waals surface area contributed by atoms with Crippen LogP contribution in [0.4, 0.5) is 0 Å². The monoisotopic (exact) mass is 225 g/mol. The second-order valence-electron chi connectivity index (χ2n) is 0.289. The van der Waals surface area contributed by atoms with Crippen LogP contribution in [0.5, 0.6) is 0 Å². The third kappa shape index (κ3) is 43.5. The molecule has 1 heteroatoms. The molecule has 0 nitrogen and oxygen atoms in total. The van der Waals surface area contributed by atoms with Crippen molar-refractivity contribution in [2.24, 2.45) is 0 Å². The molecule has 4 heavy (non-hydrogen) atoms. The molecule has 0 amide bonds. The third-order valence-corrected chi connectivity index (χ3v) is 0. The van der Waals surface area contributed by atoms with Crippen LogP contribution in [0.1, 0.15) is 0 Å². The van der Waals surface area contributed by atoms with Crippen molar-refractivity contribution in [2.75, 3.05) is 0 Å². The van der Waals surface area contributed by atoms with E-state index in [0.717, 1.165) is 0 Å². The van der Waals surface area contributed by atoms with Crippen LogP contribution in [0.2, 0.25) is 0 Å². The summed E-state index contributed by atoms with van der Waals surface area (Å²) in [6.07, 6.45) is 1.50. The molecule has 0 aromatic carbocycles. The maximum atomic E-state index is 3.25. The number of allylic oxidation sites excluding steroid dienone is 1. The van der Waals surface area contributed by atoms with Crippen LogP contribution in [0.15, 0.2) is 12.7 Å². The Hall–Kier alpha value is 0.298. The fourth-order valence-electron chi connectivity index (χ4n) is 0. The molecule has 0 fully saturated rings.